The van der Waals surface area contributed by atoms with Gasteiger partial charge >= 0.3 is 0 Å². The normalized spacial score (nSPS) is 14.5. The van der Waals surface area contributed by atoms with Gasteiger partial charge in [0.05, 0.1) is 17.5 Å². The van der Waals surface area contributed by atoms with E-state index < -0.39 is 0 Å². The summed E-state index contributed by atoms with van der Waals surface area (Å²) >= 11 is 0. The van der Waals surface area contributed by atoms with E-state index in [-0.39, 0.29) is 5.56 Å². The van der Waals surface area contributed by atoms with E-state index >= 15 is 0 Å². The average molecular weight is 244 g/mol. The molecule has 3 rings (SSSR count). The molecular weight excluding hydrogens is 228 g/mol. The number of nitrogens with one attached hydrogen (secondary N) is 1. The van der Waals surface area contributed by atoms with Gasteiger partial charge in [-0.25, -0.2) is 4.98 Å². The molecule has 0 atom stereocenters. The van der Waals surface area contributed by atoms with Crippen LogP contribution in [0.2, 0.25) is 0 Å². The maximum Gasteiger partial charge on any atom is 0.254 e. The lowest BCUT2D eigenvalue weighted by molar-refractivity contribution is 0.656. The molecule has 0 saturated carbocycles. The number of hydrogen-bond acceptors (Lipinski definition) is 3. The number of aromatic nitrogens is 4. The third-order valence-corrected chi connectivity index (χ3v) is 3.42. The van der Waals surface area contributed by atoms with Crippen LogP contribution in [0.3, 0.4) is 0 Å². The minimum atomic E-state index is 0.0129. The maximum atomic E-state index is 12.0. The fourth-order valence-corrected chi connectivity index (χ4v) is 2.40. The van der Waals surface area contributed by atoms with Crippen LogP contribution in [0.15, 0.2) is 17.2 Å². The summed E-state index contributed by atoms with van der Waals surface area (Å²) in [4.78, 5) is 19.5. The second kappa shape index (κ2) is 4.40. The summed E-state index contributed by atoms with van der Waals surface area (Å²) in [6, 6.07) is 0. The number of fused-ring (bicyclic) bond motifs is 1. The first-order chi connectivity index (χ1) is 8.78. The van der Waals surface area contributed by atoms with Gasteiger partial charge in [-0.1, -0.05) is 0 Å². The molecular formula is C13H16N4O. The van der Waals surface area contributed by atoms with Crippen molar-refractivity contribution in [2.24, 2.45) is 0 Å². The van der Waals surface area contributed by atoms with Gasteiger partial charge in [0.1, 0.15) is 5.82 Å². The van der Waals surface area contributed by atoms with Crippen molar-refractivity contribution in [3.63, 3.8) is 0 Å². The lowest BCUT2D eigenvalue weighted by Crippen LogP contribution is -2.21. The van der Waals surface area contributed by atoms with E-state index in [1.165, 1.54) is 0 Å². The summed E-state index contributed by atoms with van der Waals surface area (Å²) in [5.74, 6) is 0.639. The SMILES string of the molecule is CCn1cc(-c2nc3c(c(=O)[nH]2)CCCC3)cn1. The molecule has 2 heterocycles. The molecule has 2 aromatic rings. The van der Waals surface area contributed by atoms with Crippen LogP contribution in [0.1, 0.15) is 31.0 Å². The summed E-state index contributed by atoms with van der Waals surface area (Å²) in [6.45, 7) is 2.84. The van der Waals surface area contributed by atoms with E-state index in [9.17, 15) is 4.79 Å². The Morgan fingerprint density at radius 1 is 1.39 bits per heavy atom. The Hall–Kier alpha value is -1.91. The first kappa shape index (κ1) is 11.2. The predicted molar refractivity (Wildman–Crippen MR) is 68.4 cm³/mol. The Balaban J connectivity index is 2.07. The van der Waals surface area contributed by atoms with E-state index in [0.29, 0.717) is 5.82 Å². The van der Waals surface area contributed by atoms with Crippen molar-refractivity contribution in [2.75, 3.05) is 0 Å². The molecule has 0 saturated heterocycles. The van der Waals surface area contributed by atoms with Crippen LogP contribution in [0, 0.1) is 0 Å². The fourth-order valence-electron chi connectivity index (χ4n) is 2.40. The molecule has 5 nitrogen and oxygen atoms in total. The zero-order chi connectivity index (χ0) is 12.5. The molecule has 1 N–H and O–H groups in total. The van der Waals surface area contributed by atoms with Crippen LogP contribution in [0.5, 0.6) is 0 Å². The number of hydrogen-bond donors (Lipinski definition) is 1. The zero-order valence-electron chi connectivity index (χ0n) is 10.4. The molecule has 1 aliphatic carbocycles. The monoisotopic (exact) mass is 244 g/mol. The minimum Gasteiger partial charge on any atom is -0.306 e. The smallest absolute Gasteiger partial charge is 0.254 e. The molecule has 94 valence electrons. The van der Waals surface area contributed by atoms with Gasteiger partial charge in [0.25, 0.3) is 5.56 Å². The van der Waals surface area contributed by atoms with Crippen molar-refractivity contribution in [1.29, 1.82) is 0 Å². The highest BCUT2D eigenvalue weighted by molar-refractivity contribution is 5.52. The molecule has 2 aromatic heterocycles. The fraction of sp³-hybridized carbons (Fsp3) is 0.462. The molecule has 0 radical (unpaired) electrons. The summed E-state index contributed by atoms with van der Waals surface area (Å²) in [7, 11) is 0. The Labute approximate surface area is 105 Å². The first-order valence-electron chi connectivity index (χ1n) is 6.43. The third kappa shape index (κ3) is 1.85. The van der Waals surface area contributed by atoms with E-state index in [4.69, 9.17) is 0 Å². The lowest BCUT2D eigenvalue weighted by atomic mass is 9.97. The van der Waals surface area contributed by atoms with Gasteiger partial charge < -0.3 is 4.98 Å². The second-order valence-corrected chi connectivity index (χ2v) is 4.63. The van der Waals surface area contributed by atoms with Crippen LogP contribution in [-0.2, 0) is 19.4 Å². The van der Waals surface area contributed by atoms with Crippen molar-refractivity contribution in [2.45, 2.75) is 39.2 Å². The van der Waals surface area contributed by atoms with Crippen LogP contribution in [0.4, 0.5) is 0 Å². The van der Waals surface area contributed by atoms with E-state index in [1.807, 2.05) is 17.8 Å². The zero-order valence-corrected chi connectivity index (χ0v) is 10.4. The predicted octanol–water partition coefficient (Wildman–Crippen LogP) is 1.53. The molecule has 0 spiro atoms. The van der Waals surface area contributed by atoms with Crippen molar-refractivity contribution in [1.82, 2.24) is 19.7 Å². The molecule has 0 fully saturated rings. The number of aryl methyl sites for hydroxylation is 2. The Bertz CT molecular complexity index is 626. The summed E-state index contributed by atoms with van der Waals surface area (Å²) in [5.41, 5.74) is 2.72. The summed E-state index contributed by atoms with van der Waals surface area (Å²) < 4.78 is 1.83. The molecule has 0 aromatic carbocycles. The molecule has 0 bridgehead atoms. The van der Waals surface area contributed by atoms with E-state index in [0.717, 1.165) is 49.0 Å². The van der Waals surface area contributed by atoms with Crippen LogP contribution < -0.4 is 5.56 Å². The highest BCUT2D eigenvalue weighted by Gasteiger charge is 2.16. The summed E-state index contributed by atoms with van der Waals surface area (Å²) in [5, 5.41) is 4.21. The molecule has 5 heteroatoms. The summed E-state index contributed by atoms with van der Waals surface area (Å²) in [6.07, 6.45) is 7.63. The minimum absolute atomic E-state index is 0.0129. The maximum absolute atomic E-state index is 12.0. The van der Waals surface area contributed by atoms with Crippen molar-refractivity contribution < 1.29 is 0 Å². The van der Waals surface area contributed by atoms with Crippen molar-refractivity contribution >= 4 is 0 Å². The quantitative estimate of drug-likeness (QED) is 0.871. The van der Waals surface area contributed by atoms with Crippen molar-refractivity contribution in [3.8, 4) is 11.4 Å². The Morgan fingerprint density at radius 3 is 3.00 bits per heavy atom. The van der Waals surface area contributed by atoms with Crippen LogP contribution in [-0.4, -0.2) is 19.7 Å². The highest BCUT2D eigenvalue weighted by atomic mass is 16.1. The molecule has 18 heavy (non-hydrogen) atoms. The van der Waals surface area contributed by atoms with Crippen molar-refractivity contribution in [3.05, 3.63) is 34.0 Å². The number of aromatic amines is 1. The van der Waals surface area contributed by atoms with Gasteiger partial charge in [-0.05, 0) is 32.6 Å². The molecule has 1 aliphatic rings. The van der Waals surface area contributed by atoms with E-state index in [2.05, 4.69) is 15.1 Å². The number of nitrogens with zero attached hydrogens (tertiary/aromatic N) is 3. The standard InChI is InChI=1S/C13H16N4O/c1-2-17-8-9(7-14-17)12-15-11-6-4-3-5-10(11)13(18)16-12/h7-8H,2-6H2,1H3,(H,15,16,18). The van der Waals surface area contributed by atoms with Gasteiger partial charge in [-0.15, -0.1) is 0 Å². The van der Waals surface area contributed by atoms with Crippen LogP contribution >= 0.6 is 0 Å². The lowest BCUT2D eigenvalue weighted by Gasteiger charge is -2.13. The van der Waals surface area contributed by atoms with Gasteiger partial charge in [0.15, 0.2) is 0 Å². The van der Waals surface area contributed by atoms with E-state index in [1.54, 1.807) is 6.20 Å². The Morgan fingerprint density at radius 2 is 2.22 bits per heavy atom. The Kier molecular flexibility index (Phi) is 2.74. The first-order valence-corrected chi connectivity index (χ1v) is 6.43. The van der Waals surface area contributed by atoms with Gasteiger partial charge in [-0.3, -0.25) is 9.48 Å². The van der Waals surface area contributed by atoms with Gasteiger partial charge in [0, 0.05) is 18.3 Å². The number of H-pyrrole nitrogens is 1. The largest absolute Gasteiger partial charge is 0.306 e. The topological polar surface area (TPSA) is 63.6 Å². The molecule has 0 amide bonds. The van der Waals surface area contributed by atoms with Crippen LogP contribution in [0.25, 0.3) is 11.4 Å². The van der Waals surface area contributed by atoms with Gasteiger partial charge in [0.2, 0.25) is 0 Å². The van der Waals surface area contributed by atoms with Gasteiger partial charge in [-0.2, -0.15) is 5.10 Å². The highest BCUT2D eigenvalue weighted by Crippen LogP contribution is 2.19. The molecule has 0 unspecified atom stereocenters. The molecule has 0 aliphatic heterocycles. The second-order valence-electron chi connectivity index (χ2n) is 4.63. The average Bonchev–Trinajstić information content (AvgIpc) is 2.87. The third-order valence-electron chi connectivity index (χ3n) is 3.42. The number of rotatable bonds is 2.